The minimum absolute atomic E-state index is 0.0146. The van der Waals surface area contributed by atoms with Crippen molar-refractivity contribution in [1.29, 1.82) is 0 Å². The lowest BCUT2D eigenvalue weighted by molar-refractivity contribution is 0.0690. The largest absolute Gasteiger partial charge is 0.477 e. The Hall–Kier alpha value is -1.69. The highest BCUT2D eigenvalue weighted by atomic mass is 16.5. The number of carboxylic acids is 1. The molecule has 0 radical (unpaired) electrons. The van der Waals surface area contributed by atoms with Crippen molar-refractivity contribution >= 4 is 11.9 Å². The van der Waals surface area contributed by atoms with E-state index in [0.717, 1.165) is 13.0 Å². The molecule has 2 unspecified atom stereocenters. The molecule has 1 aliphatic rings. The summed E-state index contributed by atoms with van der Waals surface area (Å²) in [4.78, 5) is 19.0. The monoisotopic (exact) mass is 251 g/mol. The van der Waals surface area contributed by atoms with Gasteiger partial charge in [0.2, 0.25) is 5.95 Å². The van der Waals surface area contributed by atoms with E-state index in [2.05, 4.69) is 15.3 Å². The van der Waals surface area contributed by atoms with Gasteiger partial charge in [0.15, 0.2) is 5.69 Å². The number of anilines is 1. The van der Waals surface area contributed by atoms with Gasteiger partial charge in [0.1, 0.15) is 0 Å². The maximum absolute atomic E-state index is 10.9. The molecule has 1 aromatic rings. The van der Waals surface area contributed by atoms with E-state index in [1.165, 1.54) is 6.07 Å². The number of hydrogen-bond acceptors (Lipinski definition) is 5. The molecule has 0 bridgehead atoms. The third kappa shape index (κ3) is 2.95. The summed E-state index contributed by atoms with van der Waals surface area (Å²) in [6.45, 7) is 5.27. The van der Waals surface area contributed by atoms with Gasteiger partial charge in [-0.2, -0.15) is 0 Å². The van der Waals surface area contributed by atoms with Gasteiger partial charge in [-0.1, -0.05) is 0 Å². The Balaban J connectivity index is 2.02. The fraction of sp³-hybridized carbons (Fsp3) is 0.583. The molecule has 6 nitrogen and oxygen atoms in total. The van der Waals surface area contributed by atoms with Gasteiger partial charge in [0.25, 0.3) is 0 Å². The molecule has 0 spiro atoms. The van der Waals surface area contributed by atoms with E-state index in [4.69, 9.17) is 9.84 Å². The first kappa shape index (κ1) is 12.8. The van der Waals surface area contributed by atoms with E-state index in [1.807, 2.05) is 6.92 Å². The molecule has 0 aliphatic carbocycles. The summed E-state index contributed by atoms with van der Waals surface area (Å²) < 4.78 is 5.46. The Kier molecular flexibility index (Phi) is 3.76. The summed E-state index contributed by atoms with van der Waals surface area (Å²) in [6.07, 6.45) is 1.23. The van der Waals surface area contributed by atoms with Crippen LogP contribution in [-0.4, -0.2) is 40.3 Å². The first-order valence-corrected chi connectivity index (χ1v) is 6.00. The van der Waals surface area contributed by atoms with E-state index in [1.54, 1.807) is 6.92 Å². The van der Waals surface area contributed by atoms with Crippen LogP contribution in [0.1, 0.15) is 29.5 Å². The van der Waals surface area contributed by atoms with Gasteiger partial charge in [-0.15, -0.1) is 0 Å². The molecule has 2 rings (SSSR count). The van der Waals surface area contributed by atoms with Crippen LogP contribution in [0.3, 0.4) is 0 Å². The number of hydrogen-bond donors (Lipinski definition) is 2. The van der Waals surface area contributed by atoms with Gasteiger partial charge in [-0.05, 0) is 26.3 Å². The minimum Gasteiger partial charge on any atom is -0.477 e. The molecule has 1 aromatic heterocycles. The Labute approximate surface area is 105 Å². The third-order valence-corrected chi connectivity index (χ3v) is 3.13. The highest BCUT2D eigenvalue weighted by molar-refractivity contribution is 5.85. The lowest BCUT2D eigenvalue weighted by Gasteiger charge is -2.14. The molecular weight excluding hydrogens is 234 g/mol. The van der Waals surface area contributed by atoms with E-state index in [0.29, 0.717) is 24.1 Å². The van der Waals surface area contributed by atoms with Crippen molar-refractivity contribution in [2.45, 2.75) is 26.4 Å². The van der Waals surface area contributed by atoms with Crippen LogP contribution in [0.4, 0.5) is 5.95 Å². The summed E-state index contributed by atoms with van der Waals surface area (Å²) in [7, 11) is 0. The van der Waals surface area contributed by atoms with Crippen LogP contribution in [0.25, 0.3) is 0 Å². The van der Waals surface area contributed by atoms with Crippen LogP contribution in [0.15, 0.2) is 6.07 Å². The van der Waals surface area contributed by atoms with Crippen molar-refractivity contribution < 1.29 is 14.6 Å². The number of aryl methyl sites for hydroxylation is 1. The van der Waals surface area contributed by atoms with E-state index < -0.39 is 5.97 Å². The quantitative estimate of drug-likeness (QED) is 0.839. The molecule has 2 atom stereocenters. The molecule has 2 heterocycles. The van der Waals surface area contributed by atoms with Gasteiger partial charge in [0.05, 0.1) is 6.10 Å². The molecule has 0 saturated carbocycles. The second-order valence-electron chi connectivity index (χ2n) is 4.53. The van der Waals surface area contributed by atoms with Gasteiger partial charge in [0, 0.05) is 24.8 Å². The summed E-state index contributed by atoms with van der Waals surface area (Å²) in [5, 5.41) is 12.0. The number of carbonyl (C=O) groups is 1. The Bertz CT molecular complexity index is 450. The van der Waals surface area contributed by atoms with Crippen molar-refractivity contribution in [1.82, 2.24) is 9.97 Å². The maximum Gasteiger partial charge on any atom is 0.354 e. The zero-order valence-corrected chi connectivity index (χ0v) is 10.5. The summed E-state index contributed by atoms with van der Waals surface area (Å²) in [6, 6.07) is 1.45. The van der Waals surface area contributed by atoms with E-state index in [-0.39, 0.29) is 11.8 Å². The molecule has 18 heavy (non-hydrogen) atoms. The number of aromatic nitrogens is 2. The van der Waals surface area contributed by atoms with Crippen molar-refractivity contribution in [2.24, 2.45) is 5.92 Å². The normalized spacial score (nSPS) is 23.0. The molecule has 0 amide bonds. The zero-order chi connectivity index (χ0) is 13.1. The zero-order valence-electron chi connectivity index (χ0n) is 10.5. The summed E-state index contributed by atoms with van der Waals surface area (Å²) in [5.41, 5.74) is 0.654. The molecule has 2 N–H and O–H groups in total. The van der Waals surface area contributed by atoms with Crippen LogP contribution >= 0.6 is 0 Å². The topological polar surface area (TPSA) is 84.3 Å². The Morgan fingerprint density at radius 1 is 1.61 bits per heavy atom. The fourth-order valence-electron chi connectivity index (χ4n) is 2.02. The van der Waals surface area contributed by atoms with Crippen molar-refractivity contribution in [3.05, 3.63) is 17.5 Å². The van der Waals surface area contributed by atoms with E-state index in [9.17, 15) is 4.79 Å². The molecule has 98 valence electrons. The average Bonchev–Trinajstić information content (AvgIpc) is 2.71. The lowest BCUT2D eigenvalue weighted by atomic mass is 10.0. The third-order valence-electron chi connectivity index (χ3n) is 3.13. The van der Waals surface area contributed by atoms with Crippen LogP contribution in [0.2, 0.25) is 0 Å². The Morgan fingerprint density at radius 2 is 2.39 bits per heavy atom. The van der Waals surface area contributed by atoms with Crippen LogP contribution < -0.4 is 5.32 Å². The number of nitrogens with zero attached hydrogens (tertiary/aromatic N) is 2. The molecular formula is C12H17N3O3. The molecule has 1 saturated heterocycles. The highest BCUT2D eigenvalue weighted by Crippen LogP contribution is 2.20. The highest BCUT2D eigenvalue weighted by Gasteiger charge is 2.24. The number of carboxylic acid groups (broad SMARTS) is 1. The minimum atomic E-state index is -1.04. The van der Waals surface area contributed by atoms with Gasteiger partial charge in [-0.25, -0.2) is 14.8 Å². The van der Waals surface area contributed by atoms with Gasteiger partial charge < -0.3 is 15.2 Å². The van der Waals surface area contributed by atoms with Gasteiger partial charge in [-0.3, -0.25) is 0 Å². The first-order chi connectivity index (χ1) is 8.56. The van der Waals surface area contributed by atoms with E-state index >= 15 is 0 Å². The number of aromatic carboxylic acids is 1. The maximum atomic E-state index is 10.9. The molecule has 1 fully saturated rings. The summed E-state index contributed by atoms with van der Waals surface area (Å²) in [5.74, 6) is -0.255. The van der Waals surface area contributed by atoms with Crippen LogP contribution in [0, 0.1) is 12.8 Å². The first-order valence-electron chi connectivity index (χ1n) is 6.00. The lowest BCUT2D eigenvalue weighted by Crippen LogP contribution is -2.22. The molecule has 1 aliphatic heterocycles. The van der Waals surface area contributed by atoms with Crippen LogP contribution in [0.5, 0.6) is 0 Å². The second-order valence-corrected chi connectivity index (χ2v) is 4.53. The number of ether oxygens (including phenoxy) is 1. The van der Waals surface area contributed by atoms with Crippen molar-refractivity contribution in [2.75, 3.05) is 18.5 Å². The fourth-order valence-corrected chi connectivity index (χ4v) is 2.02. The van der Waals surface area contributed by atoms with Crippen molar-refractivity contribution in [3.8, 4) is 0 Å². The second kappa shape index (κ2) is 5.30. The molecule has 0 aromatic carbocycles. The smallest absolute Gasteiger partial charge is 0.354 e. The Morgan fingerprint density at radius 3 is 3.00 bits per heavy atom. The van der Waals surface area contributed by atoms with Crippen LogP contribution in [-0.2, 0) is 4.74 Å². The van der Waals surface area contributed by atoms with Crippen molar-refractivity contribution in [3.63, 3.8) is 0 Å². The standard InChI is InChI=1S/C12H17N3O3/c1-7-5-10(11(16)17)15-12(14-7)13-6-9-3-4-18-8(9)2/h5,8-9H,3-4,6H2,1-2H3,(H,16,17)(H,13,14,15). The molecule has 6 heteroatoms. The number of nitrogens with one attached hydrogen (secondary N) is 1. The average molecular weight is 251 g/mol. The predicted octanol–water partition coefficient (Wildman–Crippen LogP) is 1.32. The number of rotatable bonds is 4. The van der Waals surface area contributed by atoms with Gasteiger partial charge >= 0.3 is 5.97 Å². The predicted molar refractivity (Wildman–Crippen MR) is 65.7 cm³/mol. The SMILES string of the molecule is Cc1cc(C(=O)O)nc(NCC2CCOC2C)n1. The summed E-state index contributed by atoms with van der Waals surface area (Å²) >= 11 is 0.